The predicted molar refractivity (Wildman–Crippen MR) is 118 cm³/mol. The molecule has 0 aliphatic heterocycles. The van der Waals surface area contributed by atoms with E-state index in [4.69, 9.17) is 5.26 Å². The summed E-state index contributed by atoms with van der Waals surface area (Å²) in [5, 5.41) is 23.9. The molecular formula is C26H37N3O2. The Hall–Kier alpha value is -1.67. The highest BCUT2D eigenvalue weighted by atomic mass is 16.3. The van der Waals surface area contributed by atoms with Crippen LogP contribution in [0.3, 0.4) is 0 Å². The van der Waals surface area contributed by atoms with E-state index in [1.165, 1.54) is 25.7 Å². The molecule has 5 nitrogen and oxygen atoms in total. The van der Waals surface area contributed by atoms with Gasteiger partial charge in [0.2, 0.25) is 0 Å². The molecule has 0 spiro atoms. The summed E-state index contributed by atoms with van der Waals surface area (Å²) in [7, 11) is 0. The Labute approximate surface area is 186 Å². The van der Waals surface area contributed by atoms with E-state index in [0.717, 1.165) is 43.9 Å². The molecule has 1 unspecified atom stereocenters. The molecule has 4 aliphatic rings. The van der Waals surface area contributed by atoms with Crippen molar-refractivity contribution in [3.05, 3.63) is 18.0 Å². The zero-order chi connectivity index (χ0) is 22.0. The van der Waals surface area contributed by atoms with Crippen LogP contribution in [0.5, 0.6) is 0 Å². The van der Waals surface area contributed by atoms with Crippen LogP contribution in [-0.2, 0) is 11.3 Å². The molecule has 0 saturated heterocycles. The second kappa shape index (κ2) is 7.17. The van der Waals surface area contributed by atoms with Crippen LogP contribution in [0.15, 0.2) is 12.4 Å². The van der Waals surface area contributed by atoms with E-state index >= 15 is 0 Å². The number of nitrogens with zero attached hydrogens (tertiary/aromatic N) is 3. The van der Waals surface area contributed by atoms with Crippen LogP contribution in [0.25, 0.3) is 0 Å². The number of rotatable bonds is 3. The number of aromatic nitrogens is 2. The number of Topliss-reactive ketones (excluding diaryl/α,β-unsaturated/α-hetero) is 1. The zero-order valence-corrected chi connectivity index (χ0v) is 19.3. The molecule has 1 aromatic rings. The molecule has 1 heterocycles. The van der Waals surface area contributed by atoms with Crippen molar-refractivity contribution in [2.45, 2.75) is 90.7 Å². The first kappa shape index (κ1) is 21.2. The third kappa shape index (κ3) is 3.28. The van der Waals surface area contributed by atoms with E-state index < -0.39 is 5.60 Å². The monoisotopic (exact) mass is 423 g/mol. The normalized spacial score (nSPS) is 46.5. The van der Waals surface area contributed by atoms with Crippen molar-refractivity contribution in [3.8, 4) is 6.07 Å². The molecular weight excluding hydrogens is 386 g/mol. The fourth-order valence-corrected chi connectivity index (χ4v) is 8.74. The van der Waals surface area contributed by atoms with E-state index in [1.807, 2.05) is 6.92 Å². The highest BCUT2D eigenvalue weighted by Crippen LogP contribution is 2.68. The van der Waals surface area contributed by atoms with Gasteiger partial charge >= 0.3 is 0 Å². The summed E-state index contributed by atoms with van der Waals surface area (Å²) in [6.45, 7) is 7.24. The Morgan fingerprint density at radius 2 is 1.90 bits per heavy atom. The largest absolute Gasteiger partial charge is 0.390 e. The van der Waals surface area contributed by atoms with Crippen LogP contribution < -0.4 is 0 Å². The summed E-state index contributed by atoms with van der Waals surface area (Å²) >= 11 is 0. The number of hydrogen-bond donors (Lipinski definition) is 1. The van der Waals surface area contributed by atoms with Gasteiger partial charge in [-0.2, -0.15) is 10.4 Å². The van der Waals surface area contributed by atoms with E-state index in [0.29, 0.717) is 28.6 Å². The molecule has 4 saturated carbocycles. The molecule has 4 aliphatic carbocycles. The van der Waals surface area contributed by atoms with Gasteiger partial charge in [-0.05, 0) is 99.2 Å². The Morgan fingerprint density at radius 1 is 1.13 bits per heavy atom. The van der Waals surface area contributed by atoms with Crippen LogP contribution in [0.1, 0.15) is 84.1 Å². The van der Waals surface area contributed by atoms with Gasteiger partial charge in [-0.1, -0.05) is 13.8 Å². The summed E-state index contributed by atoms with van der Waals surface area (Å²) < 4.78 is 1.64. The quantitative estimate of drug-likeness (QED) is 0.762. The standard InChI is InChI=1S/C26H37N3O2/c1-24(31)10-11-25(2)18(12-24)4-5-19-20-6-7-22(26(20,3)9-8-21(19)25)23(30)16-29-15-17(13-27)14-28-29/h14-15,18-22,31H,4-12,16H2,1-3H3/t18?,19-,20-,21-,22+,24+,25-,26-/m0/s1. The average molecular weight is 424 g/mol. The smallest absolute Gasteiger partial charge is 0.157 e. The second-order valence-corrected chi connectivity index (χ2v) is 12.0. The number of aliphatic hydroxyl groups is 1. The van der Waals surface area contributed by atoms with E-state index in [-0.39, 0.29) is 17.9 Å². The van der Waals surface area contributed by atoms with Crippen molar-refractivity contribution < 1.29 is 9.90 Å². The van der Waals surface area contributed by atoms with Crippen molar-refractivity contribution in [1.29, 1.82) is 5.26 Å². The van der Waals surface area contributed by atoms with Crippen LogP contribution >= 0.6 is 0 Å². The first-order valence-corrected chi connectivity index (χ1v) is 12.3. The first-order valence-electron chi connectivity index (χ1n) is 12.3. The molecule has 168 valence electrons. The van der Waals surface area contributed by atoms with Gasteiger partial charge < -0.3 is 5.11 Å². The molecule has 8 atom stereocenters. The van der Waals surface area contributed by atoms with Crippen molar-refractivity contribution in [1.82, 2.24) is 9.78 Å². The van der Waals surface area contributed by atoms with Crippen molar-refractivity contribution in [2.24, 2.45) is 40.4 Å². The summed E-state index contributed by atoms with van der Waals surface area (Å²) in [4.78, 5) is 13.3. The summed E-state index contributed by atoms with van der Waals surface area (Å²) in [5.41, 5.74) is 0.493. The molecule has 1 aromatic heterocycles. The SMILES string of the molecule is C[C@@]1(O)CC[C@@]2(C)C(CC[C@H]3[C@@H]4CC[C@H](C(=O)Cn5cc(C#N)cn5)[C@@]4(C)CC[C@@H]32)C1. The van der Waals surface area contributed by atoms with Crippen LogP contribution in [0.2, 0.25) is 0 Å². The van der Waals surface area contributed by atoms with E-state index in [1.54, 1.807) is 17.1 Å². The van der Waals surface area contributed by atoms with Gasteiger partial charge in [-0.15, -0.1) is 0 Å². The Morgan fingerprint density at radius 3 is 2.65 bits per heavy atom. The molecule has 0 bridgehead atoms. The zero-order valence-electron chi connectivity index (χ0n) is 19.3. The van der Waals surface area contributed by atoms with Crippen LogP contribution in [0.4, 0.5) is 0 Å². The maximum atomic E-state index is 13.3. The third-order valence-electron chi connectivity index (χ3n) is 10.4. The van der Waals surface area contributed by atoms with Gasteiger partial charge in [0.05, 0.1) is 23.9 Å². The minimum atomic E-state index is -0.483. The number of hydrogen-bond acceptors (Lipinski definition) is 4. The lowest BCUT2D eigenvalue weighted by Gasteiger charge is -2.61. The molecule has 0 aromatic carbocycles. The Balaban J connectivity index is 1.34. The second-order valence-electron chi connectivity index (χ2n) is 12.0. The first-order chi connectivity index (χ1) is 14.7. The number of ketones is 1. The minimum Gasteiger partial charge on any atom is -0.390 e. The van der Waals surface area contributed by atoms with Crippen molar-refractivity contribution in [3.63, 3.8) is 0 Å². The Bertz CT molecular complexity index is 914. The third-order valence-corrected chi connectivity index (χ3v) is 10.4. The molecule has 4 fully saturated rings. The molecule has 31 heavy (non-hydrogen) atoms. The lowest BCUT2D eigenvalue weighted by molar-refractivity contribution is -0.151. The fourth-order valence-electron chi connectivity index (χ4n) is 8.74. The maximum Gasteiger partial charge on any atom is 0.157 e. The minimum absolute atomic E-state index is 0.104. The van der Waals surface area contributed by atoms with E-state index in [9.17, 15) is 9.90 Å². The molecule has 0 radical (unpaired) electrons. The lowest BCUT2D eigenvalue weighted by atomic mass is 9.44. The number of carbonyl (C=O) groups is 1. The van der Waals surface area contributed by atoms with Crippen LogP contribution in [0, 0.1) is 51.8 Å². The number of fused-ring (bicyclic) bond motifs is 5. The van der Waals surface area contributed by atoms with Gasteiger partial charge in [-0.25, -0.2) is 0 Å². The van der Waals surface area contributed by atoms with E-state index in [2.05, 4.69) is 25.0 Å². The van der Waals surface area contributed by atoms with Gasteiger partial charge in [0.1, 0.15) is 6.07 Å². The summed E-state index contributed by atoms with van der Waals surface area (Å²) in [5.74, 6) is 3.19. The maximum absolute atomic E-state index is 13.3. The van der Waals surface area contributed by atoms with Gasteiger partial charge in [-0.3, -0.25) is 9.48 Å². The highest BCUT2D eigenvalue weighted by Gasteiger charge is 2.61. The van der Waals surface area contributed by atoms with Crippen molar-refractivity contribution in [2.75, 3.05) is 0 Å². The van der Waals surface area contributed by atoms with Gasteiger partial charge in [0.15, 0.2) is 5.78 Å². The predicted octanol–water partition coefficient (Wildman–Crippen LogP) is 4.73. The van der Waals surface area contributed by atoms with Gasteiger partial charge in [0.25, 0.3) is 0 Å². The fraction of sp³-hybridized carbons (Fsp3) is 0.808. The van der Waals surface area contributed by atoms with Gasteiger partial charge in [0, 0.05) is 12.1 Å². The Kier molecular flexibility index (Phi) is 4.90. The molecule has 5 heteroatoms. The van der Waals surface area contributed by atoms with Crippen molar-refractivity contribution >= 4 is 5.78 Å². The summed E-state index contributed by atoms with van der Waals surface area (Å²) in [6.07, 6.45) is 13.3. The number of carbonyl (C=O) groups excluding carboxylic acids is 1. The lowest BCUT2D eigenvalue weighted by Crippen LogP contribution is -2.55. The molecule has 5 rings (SSSR count). The summed E-state index contributed by atoms with van der Waals surface area (Å²) in [6, 6.07) is 2.10. The van der Waals surface area contributed by atoms with Crippen LogP contribution in [-0.4, -0.2) is 26.3 Å². The molecule has 0 amide bonds. The topological polar surface area (TPSA) is 78.9 Å². The average Bonchev–Trinajstić information content (AvgIpc) is 3.31. The molecule has 1 N–H and O–H groups in total. The number of nitriles is 1. The highest BCUT2D eigenvalue weighted by molar-refractivity contribution is 5.82.